The second-order valence-corrected chi connectivity index (χ2v) is 5.78. The molecule has 0 aliphatic heterocycles. The summed E-state index contributed by atoms with van der Waals surface area (Å²) in [5.74, 6) is 0. The molecule has 0 heterocycles. The van der Waals surface area contributed by atoms with E-state index in [1.807, 2.05) is 0 Å². The Kier molecular flexibility index (Phi) is 8.42. The Hall–Kier alpha value is -0.890. The fourth-order valence-corrected chi connectivity index (χ4v) is 3.28. The van der Waals surface area contributed by atoms with Gasteiger partial charge in [-0.3, -0.25) is 0 Å². The molecule has 5 rings (SSSR count). The van der Waals surface area contributed by atoms with E-state index < -0.39 is 0 Å². The molecule has 0 aromatic heterocycles. The molecule has 0 saturated carbocycles. The summed E-state index contributed by atoms with van der Waals surface area (Å²) in [4.78, 5) is 0. The van der Waals surface area contributed by atoms with Gasteiger partial charge in [-0.2, -0.15) is 29.7 Å². The van der Waals surface area contributed by atoms with Crippen molar-refractivity contribution in [2.45, 2.75) is 19.3 Å². The van der Waals surface area contributed by atoms with Crippen LogP contribution in [-0.4, -0.2) is 0 Å². The predicted molar refractivity (Wildman–Crippen MR) is 91.1 cm³/mol. The molecule has 4 aromatic carbocycles. The molecule has 0 N–H and O–H groups in total. The Morgan fingerprint density at radius 2 is 1.29 bits per heavy atom. The molecule has 0 spiro atoms. The van der Waals surface area contributed by atoms with Crippen molar-refractivity contribution >= 4 is 21.5 Å². The van der Waals surface area contributed by atoms with Crippen molar-refractivity contribution in [1.29, 1.82) is 0 Å². The Bertz CT molecular complexity index is 821. The Morgan fingerprint density at radius 1 is 0.667 bits per heavy atom. The quantitative estimate of drug-likeness (QED) is 0.219. The Morgan fingerprint density at radius 3 is 2.04 bits per heavy atom. The summed E-state index contributed by atoms with van der Waals surface area (Å²) in [6.45, 7) is 0. The third-order valence-electron chi connectivity index (χ3n) is 4.40. The number of benzene rings is 2. The van der Waals surface area contributed by atoms with Crippen molar-refractivity contribution in [3.8, 4) is 0 Å². The van der Waals surface area contributed by atoms with Gasteiger partial charge in [-0.25, -0.2) is 0 Å². The molecule has 1 aliphatic carbocycles. The topological polar surface area (TPSA) is 0 Å². The van der Waals surface area contributed by atoms with E-state index in [-0.39, 0.29) is 50.7 Å². The molecule has 0 radical (unpaired) electrons. The summed E-state index contributed by atoms with van der Waals surface area (Å²) in [5, 5.41) is 5.49. The van der Waals surface area contributed by atoms with E-state index in [0.29, 0.717) is 0 Å². The fraction of sp³-hybridized carbons (Fsp3) is 0.143. The zero-order chi connectivity index (χ0) is 14.1. The van der Waals surface area contributed by atoms with E-state index in [1.54, 1.807) is 11.1 Å². The Balaban J connectivity index is 0.000000220. The van der Waals surface area contributed by atoms with Crippen LogP contribution in [-0.2, 0) is 38.7 Å². The van der Waals surface area contributed by atoms with Gasteiger partial charge in [0, 0.05) is 0 Å². The average Bonchev–Trinajstić information content (AvgIpc) is 3.24. The second kappa shape index (κ2) is 9.56. The normalized spacial score (nSPS) is 11.5. The number of rotatable bonds is 0. The predicted octanol–water partition coefficient (Wildman–Crippen LogP) is -0.388. The third-order valence-corrected chi connectivity index (χ3v) is 4.40. The van der Waals surface area contributed by atoms with E-state index in [4.69, 9.17) is 0 Å². The first-order valence-electron chi connectivity index (χ1n) is 7.68. The fourth-order valence-electron chi connectivity index (χ4n) is 3.28. The molecule has 24 heavy (non-hydrogen) atoms. The zero-order valence-corrected chi connectivity index (χ0v) is 18.4. The number of halogens is 2. The van der Waals surface area contributed by atoms with Gasteiger partial charge in [0.1, 0.15) is 0 Å². The van der Waals surface area contributed by atoms with Gasteiger partial charge in [-0.1, -0.05) is 17.2 Å². The molecular weight excluding hydrogens is 502 g/mol. The average molecular weight is 520 g/mol. The Labute approximate surface area is 174 Å². The molecule has 0 bridgehead atoms. The van der Waals surface area contributed by atoms with Crippen molar-refractivity contribution in [1.82, 2.24) is 0 Å². The van der Waals surface area contributed by atoms with Gasteiger partial charge in [-0.05, 0) is 19.3 Å². The third kappa shape index (κ3) is 4.39. The summed E-state index contributed by atoms with van der Waals surface area (Å²) >= 11 is 0. The maximum atomic E-state index is 2.36. The summed E-state index contributed by atoms with van der Waals surface area (Å²) in [7, 11) is 0. The van der Waals surface area contributed by atoms with Crippen LogP contribution in [0.3, 0.4) is 0 Å². The standard InChI is InChI=1S/C12H11.C9H7.2ClH.Hf/c1-3-9-7-11-5-2-6-12(11)8-10(9)4-1;1-2-5-9-7-3-6-8(9)4-1;;;/h1,3-4,7-8H,2,5-6H2;1-7H;2*1H;/q2*-1;;;+4/p-2. The van der Waals surface area contributed by atoms with Crippen LogP contribution in [0.4, 0.5) is 0 Å². The molecule has 0 amide bonds. The zero-order valence-electron chi connectivity index (χ0n) is 13.3. The summed E-state index contributed by atoms with van der Waals surface area (Å²) < 4.78 is 0. The van der Waals surface area contributed by atoms with Crippen molar-refractivity contribution in [2.75, 3.05) is 0 Å². The first-order valence-corrected chi connectivity index (χ1v) is 7.68. The number of hydrogen-bond acceptors (Lipinski definition) is 0. The summed E-state index contributed by atoms with van der Waals surface area (Å²) in [6, 6.07) is 25.9. The minimum Gasteiger partial charge on any atom is -1.00 e. The van der Waals surface area contributed by atoms with Gasteiger partial charge in [0.2, 0.25) is 0 Å². The van der Waals surface area contributed by atoms with Gasteiger partial charge in [-0.15, -0.1) is 58.6 Å². The molecule has 120 valence electrons. The maximum Gasteiger partial charge on any atom is 4.00 e. The van der Waals surface area contributed by atoms with Crippen LogP contribution in [0.1, 0.15) is 17.5 Å². The molecule has 3 heteroatoms. The van der Waals surface area contributed by atoms with Crippen molar-refractivity contribution in [3.63, 3.8) is 0 Å². The van der Waals surface area contributed by atoms with Crippen LogP contribution in [0.2, 0.25) is 0 Å². The van der Waals surface area contributed by atoms with Crippen molar-refractivity contribution < 1.29 is 50.7 Å². The van der Waals surface area contributed by atoms with Crippen LogP contribution in [0, 0.1) is 0 Å². The van der Waals surface area contributed by atoms with Crippen molar-refractivity contribution in [2.24, 2.45) is 0 Å². The molecule has 0 fully saturated rings. The molecule has 0 atom stereocenters. The van der Waals surface area contributed by atoms with E-state index in [9.17, 15) is 0 Å². The van der Waals surface area contributed by atoms with E-state index in [2.05, 4.69) is 72.8 Å². The maximum absolute atomic E-state index is 2.36. The first kappa shape index (κ1) is 21.2. The van der Waals surface area contributed by atoms with Crippen LogP contribution in [0.15, 0.2) is 72.8 Å². The van der Waals surface area contributed by atoms with Gasteiger partial charge >= 0.3 is 25.8 Å². The SMILES string of the molecule is [Cl-].[Cl-].[Hf+4].c1cc2cc3c(cc2[cH-]1)CCC3.c1ccc2[cH-]ccc2c1. The molecule has 0 saturated heterocycles. The number of fused-ring (bicyclic) bond motifs is 3. The molecular formula is C21H18Cl2Hf. The minimum atomic E-state index is 0. The van der Waals surface area contributed by atoms with E-state index in [1.165, 1.54) is 40.8 Å². The van der Waals surface area contributed by atoms with E-state index in [0.717, 1.165) is 0 Å². The largest absolute Gasteiger partial charge is 4.00 e. The second-order valence-electron chi connectivity index (χ2n) is 5.78. The van der Waals surface area contributed by atoms with Gasteiger partial charge in [0.25, 0.3) is 0 Å². The molecule has 0 nitrogen and oxygen atoms in total. The summed E-state index contributed by atoms with van der Waals surface area (Å²) in [6.07, 6.45) is 3.93. The van der Waals surface area contributed by atoms with Crippen LogP contribution in [0.25, 0.3) is 21.5 Å². The van der Waals surface area contributed by atoms with E-state index >= 15 is 0 Å². The number of aryl methyl sites for hydroxylation is 2. The molecule has 4 aromatic rings. The van der Waals surface area contributed by atoms with Crippen LogP contribution < -0.4 is 24.8 Å². The number of hydrogen-bond donors (Lipinski definition) is 0. The molecule has 1 aliphatic rings. The molecule has 0 unspecified atom stereocenters. The van der Waals surface area contributed by atoms with Gasteiger partial charge in [0.05, 0.1) is 0 Å². The minimum absolute atomic E-state index is 0. The smallest absolute Gasteiger partial charge is 1.00 e. The van der Waals surface area contributed by atoms with Crippen molar-refractivity contribution in [3.05, 3.63) is 83.9 Å². The van der Waals surface area contributed by atoms with Crippen LogP contribution in [0.5, 0.6) is 0 Å². The first-order chi connectivity index (χ1) is 10.4. The van der Waals surface area contributed by atoms with Gasteiger partial charge < -0.3 is 24.8 Å². The van der Waals surface area contributed by atoms with Crippen LogP contribution >= 0.6 is 0 Å². The van der Waals surface area contributed by atoms with Gasteiger partial charge in [0.15, 0.2) is 0 Å². The summed E-state index contributed by atoms with van der Waals surface area (Å²) in [5.41, 5.74) is 3.16. The monoisotopic (exact) mass is 520 g/mol.